The summed E-state index contributed by atoms with van der Waals surface area (Å²) in [4.78, 5) is 18.5. The fraction of sp³-hybridized carbons (Fsp3) is 0.200. The van der Waals surface area contributed by atoms with Crippen LogP contribution in [0.3, 0.4) is 0 Å². The molecule has 0 aliphatic heterocycles. The molecule has 0 radical (unpaired) electrons. The molecule has 3 rings (SSSR count). The maximum atomic E-state index is 6.18. The Morgan fingerprint density at radius 2 is 2.00 bits per heavy atom. The van der Waals surface area contributed by atoms with E-state index < -0.39 is 0 Å². The molecule has 2 N–H and O–H groups in total. The molecule has 0 fully saturated rings. The van der Waals surface area contributed by atoms with E-state index in [-0.39, 0.29) is 5.95 Å². The molecule has 10 heteroatoms. The molecule has 0 aliphatic rings. The molecule has 0 saturated carbocycles. The highest BCUT2D eigenvalue weighted by molar-refractivity contribution is 7.98. The highest BCUT2D eigenvalue weighted by Gasteiger charge is 2.13. The van der Waals surface area contributed by atoms with Crippen molar-refractivity contribution < 1.29 is 4.42 Å². The van der Waals surface area contributed by atoms with Crippen LogP contribution in [-0.4, -0.2) is 34.0 Å². The number of nitrogens with two attached hydrogens (primary N) is 1. The quantitative estimate of drug-likeness (QED) is 0.651. The molecule has 2 aromatic heterocycles. The van der Waals surface area contributed by atoms with Gasteiger partial charge in [0.2, 0.25) is 17.8 Å². The Bertz CT molecular complexity index is 901. The van der Waals surface area contributed by atoms with Crippen LogP contribution in [0.1, 0.15) is 5.89 Å². The minimum absolute atomic E-state index is 0.167. The van der Waals surface area contributed by atoms with Gasteiger partial charge in [-0.2, -0.15) is 15.0 Å². The minimum Gasteiger partial charge on any atom is -0.440 e. The van der Waals surface area contributed by atoms with E-state index in [4.69, 9.17) is 33.4 Å². The number of oxazole rings is 1. The summed E-state index contributed by atoms with van der Waals surface area (Å²) in [6.45, 7) is 0. The minimum atomic E-state index is 0.167. The molecule has 0 atom stereocenters. The molecule has 7 nitrogen and oxygen atoms in total. The summed E-state index contributed by atoms with van der Waals surface area (Å²) >= 11 is 13.5. The van der Waals surface area contributed by atoms with Crippen LogP contribution in [0.4, 0.5) is 11.9 Å². The first-order chi connectivity index (χ1) is 11.9. The van der Waals surface area contributed by atoms with Crippen molar-refractivity contribution >= 4 is 46.9 Å². The molecule has 2 heterocycles. The zero-order chi connectivity index (χ0) is 18.0. The van der Waals surface area contributed by atoms with Gasteiger partial charge in [-0.15, -0.1) is 0 Å². The summed E-state index contributed by atoms with van der Waals surface area (Å²) in [5, 5.41) is 1.61. The van der Waals surface area contributed by atoms with Crippen molar-refractivity contribution in [2.24, 2.45) is 0 Å². The Kier molecular flexibility index (Phi) is 5.31. The summed E-state index contributed by atoms with van der Waals surface area (Å²) in [6, 6.07) is 5.16. The number of thioether (sulfide) groups is 1. The van der Waals surface area contributed by atoms with Crippen molar-refractivity contribution in [3.63, 3.8) is 0 Å². The van der Waals surface area contributed by atoms with E-state index in [2.05, 4.69) is 19.9 Å². The first kappa shape index (κ1) is 17.8. The number of aromatic nitrogens is 4. The van der Waals surface area contributed by atoms with E-state index in [0.29, 0.717) is 44.1 Å². The van der Waals surface area contributed by atoms with Gasteiger partial charge >= 0.3 is 0 Å². The van der Waals surface area contributed by atoms with Gasteiger partial charge in [-0.3, -0.25) is 0 Å². The monoisotopic (exact) mass is 396 g/mol. The predicted molar refractivity (Wildman–Crippen MR) is 100 cm³/mol. The van der Waals surface area contributed by atoms with Crippen LogP contribution in [0.2, 0.25) is 10.0 Å². The number of benzene rings is 1. The molecule has 0 spiro atoms. The first-order valence-corrected chi connectivity index (χ1v) is 8.88. The normalized spacial score (nSPS) is 10.9. The predicted octanol–water partition coefficient (Wildman–Crippen LogP) is 3.77. The van der Waals surface area contributed by atoms with Gasteiger partial charge in [0.05, 0.1) is 17.0 Å². The van der Waals surface area contributed by atoms with Gasteiger partial charge in [-0.25, -0.2) is 4.98 Å². The summed E-state index contributed by atoms with van der Waals surface area (Å²) in [5.74, 6) is 2.16. The molecule has 25 heavy (non-hydrogen) atoms. The average Bonchev–Trinajstić information content (AvgIpc) is 3.03. The smallest absolute Gasteiger partial charge is 0.230 e. The largest absolute Gasteiger partial charge is 0.440 e. The Labute approximate surface area is 158 Å². The van der Waals surface area contributed by atoms with Gasteiger partial charge in [0, 0.05) is 24.7 Å². The lowest BCUT2D eigenvalue weighted by Crippen LogP contribution is -2.15. The second-order valence-corrected chi connectivity index (χ2v) is 6.99. The number of halogens is 2. The van der Waals surface area contributed by atoms with Crippen molar-refractivity contribution in [3.05, 3.63) is 40.3 Å². The average molecular weight is 397 g/mol. The fourth-order valence-corrected chi connectivity index (χ4v) is 3.01. The first-order valence-electron chi connectivity index (χ1n) is 7.14. The SMILES string of the molecule is CN(C)c1nc(N)nc(SCc2ncc(-c3cc(Cl)ccc3Cl)o2)n1. The van der Waals surface area contributed by atoms with E-state index in [1.54, 1.807) is 29.3 Å². The van der Waals surface area contributed by atoms with Crippen LogP contribution < -0.4 is 10.6 Å². The maximum absolute atomic E-state index is 6.18. The fourth-order valence-electron chi connectivity index (χ4n) is 1.94. The number of hydrogen-bond donors (Lipinski definition) is 1. The number of anilines is 2. The van der Waals surface area contributed by atoms with E-state index in [1.165, 1.54) is 11.8 Å². The van der Waals surface area contributed by atoms with Crippen molar-refractivity contribution in [2.75, 3.05) is 24.7 Å². The van der Waals surface area contributed by atoms with Gasteiger partial charge in [-0.1, -0.05) is 35.0 Å². The van der Waals surface area contributed by atoms with E-state index in [9.17, 15) is 0 Å². The molecule has 1 aromatic carbocycles. The van der Waals surface area contributed by atoms with Crippen LogP contribution in [0.15, 0.2) is 34.0 Å². The molecule has 0 saturated heterocycles. The number of nitrogen functional groups attached to an aromatic ring is 1. The summed E-state index contributed by atoms with van der Waals surface area (Å²) in [6.07, 6.45) is 1.61. The summed E-state index contributed by atoms with van der Waals surface area (Å²) in [7, 11) is 3.66. The Balaban J connectivity index is 1.75. The molecule has 0 aliphatic carbocycles. The van der Waals surface area contributed by atoms with Gasteiger partial charge < -0.3 is 15.1 Å². The van der Waals surface area contributed by atoms with Crippen LogP contribution >= 0.6 is 35.0 Å². The van der Waals surface area contributed by atoms with Crippen LogP contribution in [0.25, 0.3) is 11.3 Å². The molecule has 130 valence electrons. The Morgan fingerprint density at radius 3 is 2.76 bits per heavy atom. The zero-order valence-corrected chi connectivity index (χ0v) is 15.7. The number of nitrogens with zero attached hydrogens (tertiary/aromatic N) is 5. The number of hydrogen-bond acceptors (Lipinski definition) is 8. The van der Waals surface area contributed by atoms with Gasteiger partial charge in [-0.05, 0) is 18.2 Å². The Hall–Kier alpha value is -2.03. The zero-order valence-electron chi connectivity index (χ0n) is 13.4. The van der Waals surface area contributed by atoms with Crippen LogP contribution in [0, 0.1) is 0 Å². The van der Waals surface area contributed by atoms with Crippen molar-refractivity contribution in [1.29, 1.82) is 0 Å². The number of rotatable bonds is 5. The third-order valence-corrected chi connectivity index (χ3v) is 4.49. The topological polar surface area (TPSA) is 94.0 Å². The highest BCUT2D eigenvalue weighted by Crippen LogP contribution is 2.32. The van der Waals surface area contributed by atoms with E-state index in [1.807, 2.05) is 14.1 Å². The van der Waals surface area contributed by atoms with Crippen molar-refractivity contribution in [1.82, 2.24) is 19.9 Å². The van der Waals surface area contributed by atoms with Crippen LogP contribution in [-0.2, 0) is 5.75 Å². The summed E-state index contributed by atoms with van der Waals surface area (Å²) in [5.41, 5.74) is 6.40. The van der Waals surface area contributed by atoms with Crippen LogP contribution in [0.5, 0.6) is 0 Å². The molecular weight excluding hydrogens is 383 g/mol. The lowest BCUT2D eigenvalue weighted by molar-refractivity contribution is 0.530. The van der Waals surface area contributed by atoms with Gasteiger partial charge in [0.1, 0.15) is 0 Å². The van der Waals surface area contributed by atoms with Gasteiger partial charge in [0.25, 0.3) is 0 Å². The lowest BCUT2D eigenvalue weighted by Gasteiger charge is -2.10. The summed E-state index contributed by atoms with van der Waals surface area (Å²) < 4.78 is 5.75. The second-order valence-electron chi connectivity index (χ2n) is 5.20. The van der Waals surface area contributed by atoms with E-state index >= 15 is 0 Å². The molecule has 0 unspecified atom stereocenters. The highest BCUT2D eigenvalue weighted by atomic mass is 35.5. The second kappa shape index (κ2) is 7.47. The van der Waals surface area contributed by atoms with E-state index in [0.717, 1.165) is 0 Å². The van der Waals surface area contributed by atoms with Crippen molar-refractivity contribution in [2.45, 2.75) is 10.9 Å². The van der Waals surface area contributed by atoms with Crippen molar-refractivity contribution in [3.8, 4) is 11.3 Å². The third kappa shape index (κ3) is 4.33. The lowest BCUT2D eigenvalue weighted by atomic mass is 10.2. The molecule has 0 bridgehead atoms. The molecule has 0 amide bonds. The molecule has 3 aromatic rings. The standard InChI is InChI=1S/C15H14Cl2N6OS/c1-23(2)14-20-13(18)21-15(22-14)25-7-12-19-6-11(24-12)9-5-8(16)3-4-10(9)17/h3-6H,7H2,1-2H3,(H2,18,20,21,22). The third-order valence-electron chi connectivity index (χ3n) is 3.09. The van der Waals surface area contributed by atoms with Gasteiger partial charge in [0.15, 0.2) is 10.9 Å². The molecular formula is C15H14Cl2N6OS. The Morgan fingerprint density at radius 1 is 1.20 bits per heavy atom. The maximum Gasteiger partial charge on any atom is 0.230 e.